The maximum Gasteiger partial charge on any atom is 0.573 e. The van der Waals surface area contributed by atoms with E-state index >= 15 is 0 Å². The molecule has 0 amide bonds. The molecule has 0 bridgehead atoms. The molecule has 0 saturated heterocycles. The molecular formula is C25H24F3NO5. The number of halogens is 3. The Morgan fingerprint density at radius 3 is 1.94 bits per heavy atom. The van der Waals surface area contributed by atoms with Gasteiger partial charge in [-0.1, -0.05) is 30.3 Å². The minimum absolute atomic E-state index is 0.0587. The fraction of sp³-hybridized carbons (Fsp3) is 0.240. The summed E-state index contributed by atoms with van der Waals surface area (Å²) in [6.07, 6.45) is -4.45. The predicted molar refractivity (Wildman–Crippen MR) is 119 cm³/mol. The van der Waals surface area contributed by atoms with Crippen molar-refractivity contribution in [2.75, 3.05) is 20.1 Å². The van der Waals surface area contributed by atoms with Gasteiger partial charge in [0.15, 0.2) is 0 Å². The highest BCUT2D eigenvalue weighted by atomic mass is 19.4. The van der Waals surface area contributed by atoms with Crippen LogP contribution in [0, 0.1) is 0 Å². The molecule has 0 radical (unpaired) electrons. The summed E-state index contributed by atoms with van der Waals surface area (Å²) in [4.78, 5) is 12.6. The molecule has 0 aliphatic carbocycles. The van der Waals surface area contributed by atoms with E-state index in [2.05, 4.69) is 4.74 Å². The Hall–Kier alpha value is -3.72. The molecular weight excluding hydrogens is 451 g/mol. The zero-order chi connectivity index (χ0) is 24.6. The highest BCUT2D eigenvalue weighted by Gasteiger charge is 2.31. The van der Waals surface area contributed by atoms with Crippen LogP contribution < -0.4 is 14.2 Å². The first-order valence-corrected chi connectivity index (χ1v) is 10.4. The molecule has 3 aromatic carbocycles. The van der Waals surface area contributed by atoms with Crippen LogP contribution in [-0.2, 0) is 4.79 Å². The van der Waals surface area contributed by atoms with Crippen molar-refractivity contribution in [3.05, 3.63) is 84.4 Å². The number of ether oxygens (including phenoxy) is 3. The van der Waals surface area contributed by atoms with E-state index in [1.807, 2.05) is 30.3 Å². The van der Waals surface area contributed by atoms with Crippen LogP contribution in [0.15, 0.2) is 78.9 Å². The third kappa shape index (κ3) is 8.32. The van der Waals surface area contributed by atoms with Gasteiger partial charge in [0.05, 0.1) is 6.54 Å². The number of carboxylic acid groups (broad SMARTS) is 1. The second-order valence-electron chi connectivity index (χ2n) is 7.53. The smallest absolute Gasteiger partial charge is 0.486 e. The van der Waals surface area contributed by atoms with Crippen LogP contribution in [0.4, 0.5) is 13.2 Å². The second kappa shape index (κ2) is 11.4. The van der Waals surface area contributed by atoms with Crippen LogP contribution >= 0.6 is 0 Å². The van der Waals surface area contributed by atoms with Gasteiger partial charge < -0.3 is 19.3 Å². The molecule has 0 spiro atoms. The van der Waals surface area contributed by atoms with Gasteiger partial charge in [-0.25, -0.2) is 0 Å². The van der Waals surface area contributed by atoms with E-state index in [4.69, 9.17) is 14.6 Å². The zero-order valence-electron chi connectivity index (χ0n) is 18.4. The minimum Gasteiger partial charge on any atom is -0.486 e. The van der Waals surface area contributed by atoms with E-state index < -0.39 is 12.3 Å². The molecule has 6 nitrogen and oxygen atoms in total. The number of aliphatic carboxylic acids is 1. The number of alkyl halides is 3. The molecule has 3 rings (SSSR count). The number of likely N-dealkylation sites (N-methyl/N-ethyl adjacent to an activating group) is 1. The number of carbonyl (C=O) groups is 1. The predicted octanol–water partition coefficient (Wildman–Crippen LogP) is 5.90. The molecule has 3 aromatic rings. The van der Waals surface area contributed by atoms with Gasteiger partial charge in [-0.3, -0.25) is 9.69 Å². The number of nitrogens with zero attached hydrogens (tertiary/aromatic N) is 1. The van der Waals surface area contributed by atoms with Gasteiger partial charge in [0.2, 0.25) is 0 Å². The highest BCUT2D eigenvalue weighted by Crippen LogP contribution is 2.30. The fourth-order valence-corrected chi connectivity index (χ4v) is 3.20. The molecule has 0 aliphatic heterocycles. The van der Waals surface area contributed by atoms with Crippen molar-refractivity contribution >= 4 is 5.97 Å². The Bertz CT molecular complexity index is 1040. The summed E-state index contributed by atoms with van der Waals surface area (Å²) in [6.45, 7) is 0.470. The Kier molecular flexibility index (Phi) is 8.37. The summed E-state index contributed by atoms with van der Waals surface area (Å²) in [5.74, 6) is 0.208. The first kappa shape index (κ1) is 24.9. The first-order chi connectivity index (χ1) is 16.2. The van der Waals surface area contributed by atoms with E-state index in [-0.39, 0.29) is 18.4 Å². The molecule has 0 saturated carbocycles. The van der Waals surface area contributed by atoms with Gasteiger partial charge in [0.25, 0.3) is 0 Å². The average molecular weight is 475 g/mol. The van der Waals surface area contributed by atoms with E-state index in [1.165, 1.54) is 24.3 Å². The van der Waals surface area contributed by atoms with Crippen molar-refractivity contribution in [2.45, 2.75) is 18.9 Å². The van der Waals surface area contributed by atoms with Crippen molar-refractivity contribution in [1.29, 1.82) is 0 Å². The van der Waals surface area contributed by atoms with Crippen LogP contribution in [0.25, 0.3) is 0 Å². The Morgan fingerprint density at radius 1 is 0.882 bits per heavy atom. The van der Waals surface area contributed by atoms with Crippen LogP contribution in [0.3, 0.4) is 0 Å². The van der Waals surface area contributed by atoms with E-state index in [9.17, 15) is 18.0 Å². The third-order valence-electron chi connectivity index (χ3n) is 4.74. The fourth-order valence-electron chi connectivity index (χ4n) is 3.20. The average Bonchev–Trinajstić information content (AvgIpc) is 2.78. The minimum atomic E-state index is -4.75. The van der Waals surface area contributed by atoms with Crippen molar-refractivity contribution in [1.82, 2.24) is 4.90 Å². The van der Waals surface area contributed by atoms with E-state index in [1.54, 1.807) is 36.2 Å². The lowest BCUT2D eigenvalue weighted by Gasteiger charge is -2.22. The second-order valence-corrected chi connectivity index (χ2v) is 7.53. The van der Waals surface area contributed by atoms with Crippen molar-refractivity contribution < 1.29 is 37.3 Å². The van der Waals surface area contributed by atoms with Crippen LogP contribution in [0.1, 0.15) is 18.1 Å². The maximum atomic E-state index is 12.3. The number of hydrogen-bond donors (Lipinski definition) is 1. The SMILES string of the molecule is CN(CCC(Oc1ccc(Oc2ccc(OC(F)(F)F)cc2)cc1)c1ccccc1)CC(=O)O. The molecule has 0 aromatic heterocycles. The first-order valence-electron chi connectivity index (χ1n) is 10.4. The standard InChI is InChI=1S/C25H24F3NO5/c1-29(17-24(30)31)16-15-23(18-5-3-2-4-6-18)33-21-9-7-19(8-10-21)32-20-11-13-22(14-12-20)34-25(26,27)28/h2-14,23H,15-17H2,1H3,(H,30,31). The van der Waals surface area contributed by atoms with Crippen molar-refractivity contribution in [3.8, 4) is 23.0 Å². The van der Waals surface area contributed by atoms with Crippen LogP contribution in [-0.4, -0.2) is 42.5 Å². The highest BCUT2D eigenvalue weighted by molar-refractivity contribution is 5.69. The van der Waals surface area contributed by atoms with Crippen molar-refractivity contribution in [2.24, 2.45) is 0 Å². The Labute approximate surface area is 195 Å². The quantitative estimate of drug-likeness (QED) is 0.372. The molecule has 0 fully saturated rings. The van der Waals surface area contributed by atoms with Gasteiger partial charge in [0.1, 0.15) is 29.1 Å². The Morgan fingerprint density at radius 2 is 1.41 bits per heavy atom. The lowest BCUT2D eigenvalue weighted by atomic mass is 10.1. The van der Waals surface area contributed by atoms with Gasteiger partial charge in [-0.2, -0.15) is 0 Å². The molecule has 34 heavy (non-hydrogen) atoms. The summed E-state index contributed by atoms with van der Waals surface area (Å²) in [5.41, 5.74) is 0.965. The van der Waals surface area contributed by atoms with Gasteiger partial charge in [-0.05, 0) is 61.1 Å². The van der Waals surface area contributed by atoms with E-state index in [0.717, 1.165) is 5.56 Å². The molecule has 0 heterocycles. The summed E-state index contributed by atoms with van der Waals surface area (Å²) in [7, 11) is 1.74. The van der Waals surface area contributed by atoms with Gasteiger partial charge in [-0.15, -0.1) is 13.2 Å². The third-order valence-corrected chi connectivity index (χ3v) is 4.74. The number of carboxylic acids is 1. The monoisotopic (exact) mass is 475 g/mol. The molecule has 1 N–H and O–H groups in total. The van der Waals surface area contributed by atoms with Gasteiger partial charge in [0, 0.05) is 13.0 Å². The van der Waals surface area contributed by atoms with Crippen LogP contribution in [0.5, 0.6) is 23.0 Å². The molecule has 9 heteroatoms. The largest absolute Gasteiger partial charge is 0.573 e. The topological polar surface area (TPSA) is 68.2 Å². The normalized spacial score (nSPS) is 12.3. The number of benzene rings is 3. The summed E-state index contributed by atoms with van der Waals surface area (Å²) < 4.78 is 52.5. The maximum absolute atomic E-state index is 12.3. The van der Waals surface area contributed by atoms with E-state index in [0.29, 0.717) is 30.2 Å². The molecule has 0 aliphatic rings. The van der Waals surface area contributed by atoms with Gasteiger partial charge >= 0.3 is 12.3 Å². The number of hydrogen-bond acceptors (Lipinski definition) is 5. The number of rotatable bonds is 11. The lowest BCUT2D eigenvalue weighted by Crippen LogP contribution is -2.28. The zero-order valence-corrected chi connectivity index (χ0v) is 18.4. The molecule has 1 atom stereocenters. The Balaban J connectivity index is 1.62. The summed E-state index contributed by atoms with van der Waals surface area (Å²) in [6, 6.07) is 21.6. The van der Waals surface area contributed by atoms with Crippen LogP contribution in [0.2, 0.25) is 0 Å². The van der Waals surface area contributed by atoms with Crippen molar-refractivity contribution in [3.63, 3.8) is 0 Å². The summed E-state index contributed by atoms with van der Waals surface area (Å²) in [5, 5.41) is 8.96. The summed E-state index contributed by atoms with van der Waals surface area (Å²) >= 11 is 0. The lowest BCUT2D eigenvalue weighted by molar-refractivity contribution is -0.274. The molecule has 1 unspecified atom stereocenters. The molecule has 180 valence electrons.